The topological polar surface area (TPSA) is 112 Å². The lowest BCUT2D eigenvalue weighted by atomic mass is 10.1. The lowest BCUT2D eigenvalue weighted by Gasteiger charge is -2.13. The predicted molar refractivity (Wildman–Crippen MR) is 141 cm³/mol. The molecule has 0 saturated heterocycles. The van der Waals surface area contributed by atoms with Crippen molar-refractivity contribution in [1.82, 2.24) is 24.7 Å². The van der Waals surface area contributed by atoms with Crippen molar-refractivity contribution in [3.05, 3.63) is 82.3 Å². The molecule has 0 fully saturated rings. The number of benzene rings is 2. The molecule has 9 nitrogen and oxygen atoms in total. The largest absolute Gasteiger partial charge is 0.462 e. The van der Waals surface area contributed by atoms with E-state index in [2.05, 4.69) is 20.4 Å². The first-order valence-corrected chi connectivity index (χ1v) is 12.0. The number of aromatic nitrogens is 5. The molecule has 2 aromatic carbocycles. The summed E-state index contributed by atoms with van der Waals surface area (Å²) in [6, 6.07) is 13.0. The van der Waals surface area contributed by atoms with Crippen LogP contribution in [-0.4, -0.2) is 43.2 Å². The third-order valence-corrected chi connectivity index (χ3v) is 6.29. The number of aryl methyl sites for hydroxylation is 4. The van der Waals surface area contributed by atoms with Crippen LogP contribution in [0.1, 0.15) is 50.2 Å². The van der Waals surface area contributed by atoms with Crippen molar-refractivity contribution in [2.24, 2.45) is 0 Å². The van der Waals surface area contributed by atoms with Crippen molar-refractivity contribution in [3.8, 4) is 5.82 Å². The van der Waals surface area contributed by atoms with Gasteiger partial charge >= 0.3 is 5.97 Å². The smallest absolute Gasteiger partial charge is 0.343 e. The van der Waals surface area contributed by atoms with Crippen molar-refractivity contribution in [1.29, 1.82) is 0 Å². The van der Waals surface area contributed by atoms with E-state index in [-0.39, 0.29) is 18.0 Å². The molecule has 5 rings (SSSR count). The van der Waals surface area contributed by atoms with Crippen molar-refractivity contribution >= 4 is 39.6 Å². The Labute approximate surface area is 213 Å². The van der Waals surface area contributed by atoms with E-state index in [0.717, 1.165) is 33.4 Å². The molecular weight excluding hydrogens is 468 g/mol. The Morgan fingerprint density at radius 2 is 1.68 bits per heavy atom. The van der Waals surface area contributed by atoms with Gasteiger partial charge in [-0.15, -0.1) is 0 Å². The lowest BCUT2D eigenvalue weighted by Crippen LogP contribution is -2.18. The van der Waals surface area contributed by atoms with Gasteiger partial charge < -0.3 is 10.1 Å². The highest BCUT2D eigenvalue weighted by molar-refractivity contribution is 6.08. The number of esters is 1. The molecule has 0 spiro atoms. The summed E-state index contributed by atoms with van der Waals surface area (Å²) in [6.45, 7) is 9.65. The fraction of sp³-hybridized carbons (Fsp3) is 0.214. The number of nitrogens with zero attached hydrogens (tertiary/aromatic N) is 5. The molecule has 0 bridgehead atoms. The van der Waals surface area contributed by atoms with Crippen LogP contribution in [0.2, 0.25) is 0 Å². The molecule has 0 unspecified atom stereocenters. The number of ether oxygens (including phenoxy) is 1. The van der Waals surface area contributed by atoms with Crippen molar-refractivity contribution < 1.29 is 14.3 Å². The molecule has 0 saturated carbocycles. The molecule has 3 aromatic heterocycles. The highest BCUT2D eigenvalue weighted by Crippen LogP contribution is 2.26. The van der Waals surface area contributed by atoms with Gasteiger partial charge in [0, 0.05) is 10.9 Å². The van der Waals surface area contributed by atoms with Gasteiger partial charge in [-0.1, -0.05) is 18.2 Å². The molecule has 37 heavy (non-hydrogen) atoms. The number of amides is 1. The second-order valence-corrected chi connectivity index (χ2v) is 8.86. The maximum atomic E-state index is 13.4. The zero-order chi connectivity index (χ0) is 26.3. The molecule has 0 aliphatic rings. The molecule has 0 atom stereocenters. The second kappa shape index (κ2) is 9.42. The molecule has 9 heteroatoms. The van der Waals surface area contributed by atoms with Crippen LogP contribution in [0.4, 0.5) is 5.82 Å². The molecule has 1 N–H and O–H groups in total. The molecule has 1 amide bonds. The Kier molecular flexibility index (Phi) is 6.12. The van der Waals surface area contributed by atoms with E-state index in [1.165, 1.54) is 10.9 Å². The third kappa shape index (κ3) is 4.40. The van der Waals surface area contributed by atoms with Crippen molar-refractivity contribution in [3.63, 3.8) is 0 Å². The maximum Gasteiger partial charge on any atom is 0.343 e. The van der Waals surface area contributed by atoms with Gasteiger partial charge in [0.15, 0.2) is 11.6 Å². The summed E-state index contributed by atoms with van der Waals surface area (Å²) < 4.78 is 6.67. The number of pyridine rings is 1. The SMILES string of the molecule is CCOC(=O)c1cnn(-c2cc(C)c3cccc(C)c3n2)c1NC(=O)c1ccc2nc(C)c(C)nc2c1. The van der Waals surface area contributed by atoms with Gasteiger partial charge in [0.2, 0.25) is 0 Å². The van der Waals surface area contributed by atoms with Gasteiger partial charge in [-0.3, -0.25) is 4.79 Å². The number of anilines is 1. The van der Waals surface area contributed by atoms with Crippen molar-refractivity contribution in [2.45, 2.75) is 34.6 Å². The first-order valence-electron chi connectivity index (χ1n) is 12.0. The average Bonchev–Trinajstić information content (AvgIpc) is 3.28. The van der Waals surface area contributed by atoms with E-state index in [0.29, 0.717) is 22.4 Å². The Bertz CT molecular complexity index is 1710. The Morgan fingerprint density at radius 1 is 0.919 bits per heavy atom. The zero-order valence-corrected chi connectivity index (χ0v) is 21.3. The maximum absolute atomic E-state index is 13.4. The van der Waals surface area contributed by atoms with Gasteiger partial charge in [-0.05, 0) is 70.0 Å². The van der Waals surface area contributed by atoms with Gasteiger partial charge in [0.05, 0.1) is 40.7 Å². The predicted octanol–water partition coefficient (Wildman–Crippen LogP) is 5.03. The fourth-order valence-corrected chi connectivity index (χ4v) is 4.20. The number of nitrogens with one attached hydrogen (secondary N) is 1. The summed E-state index contributed by atoms with van der Waals surface area (Å²) in [5.74, 6) is -0.369. The van der Waals surface area contributed by atoms with E-state index in [1.807, 2.05) is 52.0 Å². The van der Waals surface area contributed by atoms with E-state index in [9.17, 15) is 9.59 Å². The summed E-state index contributed by atoms with van der Waals surface area (Å²) in [6.07, 6.45) is 1.38. The Hall–Kier alpha value is -4.66. The summed E-state index contributed by atoms with van der Waals surface area (Å²) in [7, 11) is 0. The number of hydrogen-bond donors (Lipinski definition) is 1. The van der Waals surface area contributed by atoms with Crippen LogP contribution in [0.3, 0.4) is 0 Å². The van der Waals surface area contributed by atoms with E-state index < -0.39 is 11.9 Å². The number of carbonyl (C=O) groups is 2. The highest BCUT2D eigenvalue weighted by Gasteiger charge is 2.23. The minimum atomic E-state index is -0.590. The lowest BCUT2D eigenvalue weighted by molar-refractivity contribution is 0.0527. The summed E-state index contributed by atoms with van der Waals surface area (Å²) >= 11 is 0. The van der Waals surface area contributed by atoms with Gasteiger partial charge in [0.1, 0.15) is 5.56 Å². The molecule has 0 radical (unpaired) electrons. The van der Waals surface area contributed by atoms with E-state index in [4.69, 9.17) is 9.72 Å². The summed E-state index contributed by atoms with van der Waals surface area (Å²) in [5, 5.41) is 8.28. The Balaban J connectivity index is 1.60. The van der Waals surface area contributed by atoms with Crippen LogP contribution in [0.15, 0.2) is 48.7 Å². The van der Waals surface area contributed by atoms with Gasteiger partial charge in [0.25, 0.3) is 5.91 Å². The van der Waals surface area contributed by atoms with Crippen LogP contribution in [0.25, 0.3) is 27.8 Å². The standard InChI is InChI=1S/C28H26N6O3/c1-6-37-28(36)21-14-29-34(24-12-16(3)20-9-7-8-15(2)25(20)32-24)26(21)33-27(35)19-10-11-22-23(13-19)31-18(5)17(4)30-22/h7-14H,6H2,1-5H3,(H,33,35). The molecule has 5 aromatic rings. The minimum Gasteiger partial charge on any atom is -0.462 e. The first-order chi connectivity index (χ1) is 17.8. The molecule has 186 valence electrons. The third-order valence-electron chi connectivity index (χ3n) is 6.29. The first kappa shape index (κ1) is 24.1. The fourth-order valence-electron chi connectivity index (χ4n) is 4.20. The summed E-state index contributed by atoms with van der Waals surface area (Å²) in [5.41, 5.74) is 6.25. The monoisotopic (exact) mass is 494 g/mol. The van der Waals surface area contributed by atoms with E-state index >= 15 is 0 Å². The van der Waals surface area contributed by atoms with Gasteiger partial charge in [-0.2, -0.15) is 9.78 Å². The van der Waals surface area contributed by atoms with Gasteiger partial charge in [-0.25, -0.2) is 19.7 Å². The molecule has 0 aliphatic heterocycles. The van der Waals surface area contributed by atoms with Crippen LogP contribution in [0.5, 0.6) is 0 Å². The number of rotatable bonds is 5. The highest BCUT2D eigenvalue weighted by atomic mass is 16.5. The zero-order valence-electron chi connectivity index (χ0n) is 21.3. The van der Waals surface area contributed by atoms with Crippen LogP contribution < -0.4 is 5.32 Å². The van der Waals surface area contributed by atoms with Crippen molar-refractivity contribution in [2.75, 3.05) is 11.9 Å². The molecule has 0 aliphatic carbocycles. The van der Waals surface area contributed by atoms with Crippen LogP contribution in [-0.2, 0) is 4.74 Å². The quantitative estimate of drug-likeness (QED) is 0.341. The van der Waals surface area contributed by atoms with Crippen LogP contribution in [0, 0.1) is 27.7 Å². The van der Waals surface area contributed by atoms with Crippen LogP contribution >= 0.6 is 0 Å². The number of fused-ring (bicyclic) bond motifs is 2. The normalized spacial score (nSPS) is 11.2. The average molecular weight is 495 g/mol. The number of para-hydroxylation sites is 1. The number of hydrogen-bond acceptors (Lipinski definition) is 7. The molecule has 3 heterocycles. The van der Waals surface area contributed by atoms with E-state index in [1.54, 1.807) is 25.1 Å². The minimum absolute atomic E-state index is 0.131. The number of carbonyl (C=O) groups excluding carboxylic acids is 2. The Morgan fingerprint density at radius 3 is 2.43 bits per heavy atom. The second-order valence-electron chi connectivity index (χ2n) is 8.86. The molecular formula is C28H26N6O3. The summed E-state index contributed by atoms with van der Waals surface area (Å²) in [4.78, 5) is 40.0.